The first-order chi connectivity index (χ1) is 10.0. The Balaban J connectivity index is 2.21. The molecule has 0 saturated heterocycles. The summed E-state index contributed by atoms with van der Waals surface area (Å²) in [6, 6.07) is 10.4. The predicted molar refractivity (Wildman–Crippen MR) is 83.7 cm³/mol. The minimum Gasteiger partial charge on any atom is -0.493 e. The highest BCUT2D eigenvalue weighted by Gasteiger charge is 2.11. The molecule has 0 aliphatic heterocycles. The van der Waals surface area contributed by atoms with Gasteiger partial charge in [-0.15, -0.1) is 0 Å². The molecule has 1 amide bonds. The molecule has 4 nitrogen and oxygen atoms in total. The molecule has 0 fully saturated rings. The van der Waals surface area contributed by atoms with E-state index in [0.717, 1.165) is 5.56 Å². The maximum Gasteiger partial charge on any atom is 0.255 e. The van der Waals surface area contributed by atoms with E-state index in [0.29, 0.717) is 27.8 Å². The van der Waals surface area contributed by atoms with Gasteiger partial charge in [-0.3, -0.25) is 4.79 Å². The number of amides is 1. The van der Waals surface area contributed by atoms with Gasteiger partial charge in [0.25, 0.3) is 5.91 Å². The number of halogens is 1. The molecule has 0 heterocycles. The van der Waals surface area contributed by atoms with Crippen LogP contribution in [0.25, 0.3) is 0 Å². The Bertz CT molecular complexity index is 671. The number of anilines is 1. The summed E-state index contributed by atoms with van der Waals surface area (Å²) < 4.78 is 10.3. The van der Waals surface area contributed by atoms with Crippen LogP contribution < -0.4 is 14.8 Å². The molecule has 5 heteroatoms. The van der Waals surface area contributed by atoms with E-state index in [4.69, 9.17) is 21.1 Å². The van der Waals surface area contributed by atoms with Crippen molar-refractivity contribution in [3.8, 4) is 11.5 Å². The van der Waals surface area contributed by atoms with Gasteiger partial charge in [-0.25, -0.2) is 0 Å². The van der Waals surface area contributed by atoms with E-state index in [9.17, 15) is 4.79 Å². The monoisotopic (exact) mass is 305 g/mol. The van der Waals surface area contributed by atoms with Crippen molar-refractivity contribution in [3.63, 3.8) is 0 Å². The van der Waals surface area contributed by atoms with Crippen LogP contribution >= 0.6 is 11.6 Å². The summed E-state index contributed by atoms with van der Waals surface area (Å²) >= 11 is 6.04. The third-order valence-corrected chi connectivity index (χ3v) is 3.48. The van der Waals surface area contributed by atoms with Gasteiger partial charge in [0.15, 0.2) is 11.5 Å². The molecular weight excluding hydrogens is 290 g/mol. The minimum atomic E-state index is -0.240. The topological polar surface area (TPSA) is 47.6 Å². The first-order valence-electron chi connectivity index (χ1n) is 6.34. The predicted octanol–water partition coefficient (Wildman–Crippen LogP) is 3.92. The molecule has 0 aliphatic rings. The van der Waals surface area contributed by atoms with E-state index >= 15 is 0 Å². The Hall–Kier alpha value is -2.20. The number of rotatable bonds is 4. The maximum absolute atomic E-state index is 12.2. The van der Waals surface area contributed by atoms with Crippen molar-refractivity contribution in [1.29, 1.82) is 0 Å². The van der Waals surface area contributed by atoms with Gasteiger partial charge in [-0.05, 0) is 42.8 Å². The maximum atomic E-state index is 12.2. The molecule has 2 rings (SSSR count). The van der Waals surface area contributed by atoms with Gasteiger partial charge in [0.2, 0.25) is 0 Å². The van der Waals surface area contributed by atoms with E-state index in [1.165, 1.54) is 7.11 Å². The lowest BCUT2D eigenvalue weighted by Crippen LogP contribution is -2.12. The highest BCUT2D eigenvalue weighted by Crippen LogP contribution is 2.28. The van der Waals surface area contributed by atoms with Crippen LogP contribution in [0.15, 0.2) is 36.4 Å². The molecule has 0 unspecified atom stereocenters. The van der Waals surface area contributed by atoms with Gasteiger partial charge in [0, 0.05) is 16.3 Å². The van der Waals surface area contributed by atoms with Crippen LogP contribution in [0.2, 0.25) is 5.02 Å². The van der Waals surface area contributed by atoms with Crippen LogP contribution in [0.5, 0.6) is 11.5 Å². The van der Waals surface area contributed by atoms with Gasteiger partial charge in [-0.1, -0.05) is 17.7 Å². The zero-order valence-corrected chi connectivity index (χ0v) is 12.8. The first-order valence-corrected chi connectivity index (χ1v) is 6.72. The van der Waals surface area contributed by atoms with Gasteiger partial charge in [0.05, 0.1) is 14.2 Å². The molecule has 0 spiro atoms. The second-order valence-electron chi connectivity index (χ2n) is 4.49. The van der Waals surface area contributed by atoms with Crippen molar-refractivity contribution in [2.24, 2.45) is 0 Å². The van der Waals surface area contributed by atoms with Gasteiger partial charge in [-0.2, -0.15) is 0 Å². The average molecular weight is 306 g/mol. The zero-order chi connectivity index (χ0) is 15.4. The minimum absolute atomic E-state index is 0.240. The van der Waals surface area contributed by atoms with E-state index in [1.807, 2.05) is 13.0 Å². The van der Waals surface area contributed by atoms with Crippen molar-refractivity contribution < 1.29 is 14.3 Å². The molecule has 21 heavy (non-hydrogen) atoms. The SMILES string of the molecule is COc1ccc(C(=O)Nc2ccc(C)c(Cl)c2)cc1OC. The second-order valence-corrected chi connectivity index (χ2v) is 4.90. The number of nitrogens with one attached hydrogen (secondary N) is 1. The fraction of sp³-hybridized carbons (Fsp3) is 0.188. The third-order valence-electron chi connectivity index (χ3n) is 3.08. The van der Waals surface area contributed by atoms with Crippen LogP contribution in [0.4, 0.5) is 5.69 Å². The fourth-order valence-electron chi connectivity index (χ4n) is 1.85. The van der Waals surface area contributed by atoms with E-state index in [2.05, 4.69) is 5.32 Å². The van der Waals surface area contributed by atoms with Crippen molar-refractivity contribution in [2.45, 2.75) is 6.92 Å². The average Bonchev–Trinajstić information content (AvgIpc) is 2.50. The van der Waals surface area contributed by atoms with Gasteiger partial charge < -0.3 is 14.8 Å². The number of hydrogen-bond acceptors (Lipinski definition) is 3. The van der Waals surface area contributed by atoms with E-state index < -0.39 is 0 Å². The van der Waals surface area contributed by atoms with Crippen molar-refractivity contribution in [2.75, 3.05) is 19.5 Å². The van der Waals surface area contributed by atoms with Crippen molar-refractivity contribution in [3.05, 3.63) is 52.5 Å². The molecule has 0 aromatic heterocycles. The number of ether oxygens (including phenoxy) is 2. The number of methoxy groups -OCH3 is 2. The van der Waals surface area contributed by atoms with E-state index in [1.54, 1.807) is 37.4 Å². The molecule has 0 bridgehead atoms. The Morgan fingerprint density at radius 1 is 1.05 bits per heavy atom. The number of carbonyl (C=O) groups excluding carboxylic acids is 1. The lowest BCUT2D eigenvalue weighted by atomic mass is 10.1. The Labute approximate surface area is 128 Å². The molecule has 0 saturated carbocycles. The van der Waals surface area contributed by atoms with Crippen LogP contribution in [-0.4, -0.2) is 20.1 Å². The number of carbonyl (C=O) groups is 1. The van der Waals surface area contributed by atoms with Gasteiger partial charge >= 0.3 is 0 Å². The summed E-state index contributed by atoms with van der Waals surface area (Å²) in [7, 11) is 3.07. The number of hydrogen-bond donors (Lipinski definition) is 1. The molecule has 0 aliphatic carbocycles. The largest absolute Gasteiger partial charge is 0.493 e. The zero-order valence-electron chi connectivity index (χ0n) is 12.1. The normalized spacial score (nSPS) is 10.1. The molecule has 110 valence electrons. The van der Waals surface area contributed by atoms with Crippen LogP contribution in [0.1, 0.15) is 15.9 Å². The Morgan fingerprint density at radius 3 is 2.38 bits per heavy atom. The summed E-state index contributed by atoms with van der Waals surface area (Å²) in [6.45, 7) is 1.91. The quantitative estimate of drug-likeness (QED) is 0.931. The van der Waals surface area contributed by atoms with E-state index in [-0.39, 0.29) is 5.91 Å². The highest BCUT2D eigenvalue weighted by molar-refractivity contribution is 6.31. The standard InChI is InChI=1S/C16H16ClNO3/c1-10-4-6-12(9-13(10)17)18-16(19)11-5-7-14(20-2)15(8-11)21-3/h4-9H,1-3H3,(H,18,19). The summed E-state index contributed by atoms with van der Waals surface area (Å²) in [5.74, 6) is 0.843. The summed E-state index contributed by atoms with van der Waals surface area (Å²) in [5, 5.41) is 3.41. The van der Waals surface area contributed by atoms with Crippen LogP contribution in [-0.2, 0) is 0 Å². The molecule has 2 aromatic rings. The number of benzene rings is 2. The molecule has 2 aromatic carbocycles. The van der Waals surface area contributed by atoms with Crippen molar-refractivity contribution >= 4 is 23.2 Å². The summed E-state index contributed by atoms with van der Waals surface area (Å²) in [5.41, 5.74) is 2.08. The highest BCUT2D eigenvalue weighted by atomic mass is 35.5. The Kier molecular flexibility index (Phi) is 4.70. The van der Waals surface area contributed by atoms with Crippen LogP contribution in [0, 0.1) is 6.92 Å². The fourth-order valence-corrected chi connectivity index (χ4v) is 2.03. The summed E-state index contributed by atoms with van der Waals surface area (Å²) in [6.07, 6.45) is 0. The molecule has 0 atom stereocenters. The molecular formula is C16H16ClNO3. The summed E-state index contributed by atoms with van der Waals surface area (Å²) in [4.78, 5) is 12.2. The lowest BCUT2D eigenvalue weighted by Gasteiger charge is -2.10. The smallest absolute Gasteiger partial charge is 0.255 e. The molecule has 0 radical (unpaired) electrons. The lowest BCUT2D eigenvalue weighted by molar-refractivity contribution is 0.102. The Morgan fingerprint density at radius 2 is 1.76 bits per heavy atom. The first kappa shape index (κ1) is 15.2. The molecule has 1 N–H and O–H groups in total. The van der Waals surface area contributed by atoms with Crippen molar-refractivity contribution in [1.82, 2.24) is 0 Å². The van der Waals surface area contributed by atoms with Gasteiger partial charge in [0.1, 0.15) is 0 Å². The number of aryl methyl sites for hydroxylation is 1. The second kappa shape index (κ2) is 6.50. The third kappa shape index (κ3) is 3.47. The van der Waals surface area contributed by atoms with Crippen LogP contribution in [0.3, 0.4) is 0 Å².